The Morgan fingerprint density at radius 1 is 1.03 bits per heavy atom. The summed E-state index contributed by atoms with van der Waals surface area (Å²) < 4.78 is 0. The lowest BCUT2D eigenvalue weighted by Crippen LogP contribution is -2.63. The predicted octanol–water partition coefficient (Wildman–Crippen LogP) is 2.83. The lowest BCUT2D eigenvalue weighted by molar-refractivity contribution is -0.384. The Bertz CT molecular complexity index is 1080. The van der Waals surface area contributed by atoms with Gasteiger partial charge in [0.25, 0.3) is 5.69 Å². The molecule has 4 fully saturated rings. The highest BCUT2D eigenvalue weighted by atomic mass is 16.6. The first-order chi connectivity index (χ1) is 17.2. The van der Waals surface area contributed by atoms with Gasteiger partial charge in [0.05, 0.1) is 22.4 Å². The van der Waals surface area contributed by atoms with E-state index in [1.165, 1.54) is 6.07 Å². The number of nitrogens with zero attached hydrogens (tertiary/aromatic N) is 4. The van der Waals surface area contributed by atoms with Crippen molar-refractivity contribution in [2.45, 2.75) is 63.8 Å². The van der Waals surface area contributed by atoms with Crippen LogP contribution in [0.4, 0.5) is 17.1 Å². The van der Waals surface area contributed by atoms with E-state index >= 15 is 0 Å². The Kier molecular flexibility index (Phi) is 6.48. The standard InChI is InChI=1S/C26H35N5O5/c1-17-5-7-19-20(15-17)24(33)30(23(19)32)18-6-8-21(22(16-18)31(35)36)28-13-9-26(10-14-28,25(27)34)29-11-3-2-4-12-29/h6,8,16-17,19-20H,2-5,7,9-15H2,1H3,(H2,27,34)/t17-,19-,20-/m1/s1. The Hall–Kier alpha value is -3.01. The summed E-state index contributed by atoms with van der Waals surface area (Å²) in [5, 5.41) is 12.1. The molecule has 0 radical (unpaired) electrons. The molecule has 3 atom stereocenters. The number of carbonyl (C=O) groups is 3. The summed E-state index contributed by atoms with van der Waals surface area (Å²) in [6.45, 7) is 4.70. The zero-order valence-electron chi connectivity index (χ0n) is 20.9. The molecular weight excluding hydrogens is 462 g/mol. The van der Waals surface area contributed by atoms with Crippen LogP contribution in [0.5, 0.6) is 0 Å². The number of fused-ring (bicyclic) bond motifs is 1. The van der Waals surface area contributed by atoms with Crippen LogP contribution in [0.25, 0.3) is 0 Å². The van der Waals surface area contributed by atoms with Crippen molar-refractivity contribution < 1.29 is 19.3 Å². The molecule has 0 bridgehead atoms. The first-order valence-electron chi connectivity index (χ1n) is 13.2. The van der Waals surface area contributed by atoms with Crippen LogP contribution in [-0.2, 0) is 14.4 Å². The molecule has 3 saturated heterocycles. The molecule has 10 heteroatoms. The average molecular weight is 498 g/mol. The second kappa shape index (κ2) is 9.46. The predicted molar refractivity (Wildman–Crippen MR) is 134 cm³/mol. The molecule has 36 heavy (non-hydrogen) atoms. The molecular formula is C26H35N5O5. The first-order valence-corrected chi connectivity index (χ1v) is 13.2. The average Bonchev–Trinajstić information content (AvgIpc) is 3.13. The largest absolute Gasteiger partial charge is 0.368 e. The number of imide groups is 1. The molecule has 0 aromatic heterocycles. The Morgan fingerprint density at radius 2 is 1.69 bits per heavy atom. The molecule has 194 valence electrons. The van der Waals surface area contributed by atoms with Crippen LogP contribution in [0.2, 0.25) is 0 Å². The number of amides is 3. The van der Waals surface area contributed by atoms with Crippen molar-refractivity contribution in [2.75, 3.05) is 36.0 Å². The third-order valence-corrected chi connectivity index (χ3v) is 8.95. The highest BCUT2D eigenvalue weighted by molar-refractivity contribution is 6.22. The van der Waals surface area contributed by atoms with Crippen LogP contribution in [0.15, 0.2) is 18.2 Å². The summed E-state index contributed by atoms with van der Waals surface area (Å²) in [5.41, 5.74) is 5.74. The summed E-state index contributed by atoms with van der Waals surface area (Å²) in [4.78, 5) is 55.7. The molecule has 0 unspecified atom stereocenters. The van der Waals surface area contributed by atoms with Crippen molar-refractivity contribution in [3.8, 4) is 0 Å². The fraction of sp³-hybridized carbons (Fsp3) is 0.654. The number of rotatable bonds is 5. The van der Waals surface area contributed by atoms with E-state index in [1.807, 2.05) is 4.90 Å². The van der Waals surface area contributed by atoms with Crippen LogP contribution in [0.1, 0.15) is 58.3 Å². The van der Waals surface area contributed by atoms with E-state index in [4.69, 9.17) is 5.73 Å². The van der Waals surface area contributed by atoms with E-state index in [2.05, 4.69) is 11.8 Å². The van der Waals surface area contributed by atoms with E-state index in [0.717, 1.165) is 43.7 Å². The smallest absolute Gasteiger partial charge is 0.294 e. The third kappa shape index (κ3) is 4.05. The number of primary amides is 1. The van der Waals surface area contributed by atoms with Gasteiger partial charge >= 0.3 is 0 Å². The molecule has 1 aromatic carbocycles. The summed E-state index contributed by atoms with van der Waals surface area (Å²) >= 11 is 0. The molecule has 1 aliphatic carbocycles. The van der Waals surface area contributed by atoms with Crippen molar-refractivity contribution in [3.63, 3.8) is 0 Å². The van der Waals surface area contributed by atoms with Gasteiger partial charge in [0.2, 0.25) is 17.7 Å². The lowest BCUT2D eigenvalue weighted by Gasteiger charge is -2.48. The molecule has 2 N–H and O–H groups in total. The normalized spacial score (nSPS) is 28.8. The number of benzene rings is 1. The molecule has 3 heterocycles. The first kappa shape index (κ1) is 24.7. The summed E-state index contributed by atoms with van der Waals surface area (Å²) in [7, 11) is 0. The van der Waals surface area contributed by atoms with Gasteiger partial charge in [-0.05, 0) is 76.1 Å². The maximum absolute atomic E-state index is 13.1. The van der Waals surface area contributed by atoms with Gasteiger partial charge in [0, 0.05) is 19.2 Å². The number of likely N-dealkylation sites (tertiary alicyclic amines) is 1. The molecule has 0 spiro atoms. The number of anilines is 2. The molecule has 1 aromatic rings. The maximum Gasteiger partial charge on any atom is 0.294 e. The number of hydrogen-bond donors (Lipinski definition) is 1. The Morgan fingerprint density at radius 3 is 2.33 bits per heavy atom. The number of nitro benzene ring substituents is 1. The minimum absolute atomic E-state index is 0.138. The van der Waals surface area contributed by atoms with Gasteiger partial charge in [0.15, 0.2) is 0 Å². The molecule has 1 saturated carbocycles. The van der Waals surface area contributed by atoms with Crippen LogP contribution in [0, 0.1) is 27.9 Å². The van der Waals surface area contributed by atoms with E-state index in [-0.39, 0.29) is 40.9 Å². The molecule has 10 nitrogen and oxygen atoms in total. The molecule has 5 rings (SSSR count). The topological polar surface area (TPSA) is 130 Å². The van der Waals surface area contributed by atoms with Gasteiger partial charge in [-0.15, -0.1) is 0 Å². The number of hydrogen-bond acceptors (Lipinski definition) is 7. The minimum Gasteiger partial charge on any atom is -0.368 e. The number of carbonyl (C=O) groups excluding carboxylic acids is 3. The van der Waals surface area contributed by atoms with Crippen LogP contribution < -0.4 is 15.5 Å². The van der Waals surface area contributed by atoms with E-state index in [1.54, 1.807) is 12.1 Å². The van der Waals surface area contributed by atoms with E-state index in [0.29, 0.717) is 50.4 Å². The molecule has 4 aliphatic rings. The summed E-state index contributed by atoms with van der Waals surface area (Å²) in [6, 6.07) is 4.63. The lowest BCUT2D eigenvalue weighted by atomic mass is 9.76. The van der Waals surface area contributed by atoms with Gasteiger partial charge in [-0.25, -0.2) is 4.90 Å². The Labute approximate surface area is 210 Å². The quantitative estimate of drug-likeness (QED) is 0.376. The minimum atomic E-state index is -0.715. The highest BCUT2D eigenvalue weighted by Gasteiger charge is 2.50. The van der Waals surface area contributed by atoms with E-state index in [9.17, 15) is 24.5 Å². The van der Waals surface area contributed by atoms with Gasteiger partial charge < -0.3 is 10.6 Å². The van der Waals surface area contributed by atoms with Gasteiger partial charge in [-0.1, -0.05) is 13.3 Å². The van der Waals surface area contributed by atoms with Crippen molar-refractivity contribution >= 4 is 34.8 Å². The fourth-order valence-electron chi connectivity index (χ4n) is 6.87. The SMILES string of the molecule is C[C@@H]1CC[C@H]2C(=O)N(c3ccc(N4CCC(C(N)=O)(N5CCCCC5)CC4)c([N+](=O)[O-])c3)C(=O)[C@@H]2C1. The monoisotopic (exact) mass is 497 g/mol. The summed E-state index contributed by atoms with van der Waals surface area (Å²) in [5.74, 6) is -1.09. The zero-order valence-corrected chi connectivity index (χ0v) is 20.9. The van der Waals surface area contributed by atoms with Crippen LogP contribution in [-0.4, -0.2) is 59.3 Å². The molecule has 3 aliphatic heterocycles. The van der Waals surface area contributed by atoms with Crippen molar-refractivity contribution in [2.24, 2.45) is 23.5 Å². The highest BCUT2D eigenvalue weighted by Crippen LogP contribution is 2.44. The fourth-order valence-corrected chi connectivity index (χ4v) is 6.87. The summed E-state index contributed by atoms with van der Waals surface area (Å²) in [6.07, 6.45) is 6.51. The van der Waals surface area contributed by atoms with Crippen molar-refractivity contribution in [3.05, 3.63) is 28.3 Å². The number of piperidine rings is 2. The van der Waals surface area contributed by atoms with E-state index < -0.39 is 10.5 Å². The second-order valence-corrected chi connectivity index (χ2v) is 11.0. The van der Waals surface area contributed by atoms with Gasteiger partial charge in [0.1, 0.15) is 11.2 Å². The van der Waals surface area contributed by atoms with Crippen LogP contribution >= 0.6 is 0 Å². The van der Waals surface area contributed by atoms with Gasteiger partial charge in [-0.3, -0.25) is 29.4 Å². The zero-order chi connectivity index (χ0) is 25.6. The Balaban J connectivity index is 1.38. The molecule has 3 amide bonds. The second-order valence-electron chi connectivity index (χ2n) is 11.0. The van der Waals surface area contributed by atoms with Gasteiger partial charge in [-0.2, -0.15) is 0 Å². The third-order valence-electron chi connectivity index (χ3n) is 8.95. The van der Waals surface area contributed by atoms with Crippen molar-refractivity contribution in [1.29, 1.82) is 0 Å². The number of nitro groups is 1. The van der Waals surface area contributed by atoms with Crippen molar-refractivity contribution in [1.82, 2.24) is 4.90 Å². The maximum atomic E-state index is 13.1. The number of nitrogens with two attached hydrogens (primary N) is 1. The van der Waals surface area contributed by atoms with Crippen LogP contribution in [0.3, 0.4) is 0 Å².